The fraction of sp³-hybridized carbons (Fsp3) is 0.367. The first-order valence-corrected chi connectivity index (χ1v) is 16.8. The molecule has 1 aliphatic heterocycles. The summed E-state index contributed by atoms with van der Waals surface area (Å²) in [4.78, 5) is 29.0. The Hall–Kier alpha value is -4.08. The van der Waals surface area contributed by atoms with Crippen LogP contribution in [0, 0.1) is 0 Å². The van der Waals surface area contributed by atoms with Gasteiger partial charge in [-0.15, -0.1) is 0 Å². The molecule has 3 N–H and O–H groups in total. The van der Waals surface area contributed by atoms with E-state index in [1.165, 1.54) is 5.56 Å². The standard InChI is InChI=1S/C30H36N9O2P/c1-6-18-17-23(29(41-3)36-24(18)19-10-15-39(2)16-11-19)35-30-37-27-20(9-12-33-27)28(38-30)34-22-8-7-21-25(32-14-13-31-21)26(22)42(4,5)40/h7-9,12-14,17,19H,6,10-11,15-16H2,1-5H3,(H3,33,34,35,37,38). The zero-order valence-electron chi connectivity index (χ0n) is 24.6. The van der Waals surface area contributed by atoms with Crippen molar-refractivity contribution in [3.63, 3.8) is 0 Å². The molecule has 0 radical (unpaired) electrons. The Morgan fingerprint density at radius 2 is 1.83 bits per heavy atom. The van der Waals surface area contributed by atoms with Crippen LogP contribution in [0.2, 0.25) is 0 Å². The van der Waals surface area contributed by atoms with E-state index < -0.39 is 7.14 Å². The van der Waals surface area contributed by atoms with Gasteiger partial charge in [0.2, 0.25) is 11.8 Å². The van der Waals surface area contributed by atoms with Gasteiger partial charge in [-0.3, -0.25) is 9.97 Å². The lowest BCUT2D eigenvalue weighted by atomic mass is 9.89. The second kappa shape index (κ2) is 11.3. The Morgan fingerprint density at radius 3 is 2.57 bits per heavy atom. The number of anilines is 4. The van der Waals surface area contributed by atoms with Crippen LogP contribution in [0.3, 0.4) is 0 Å². The van der Waals surface area contributed by atoms with Gasteiger partial charge in [0.25, 0.3) is 0 Å². The molecule has 1 aromatic carbocycles. The molecule has 0 spiro atoms. The van der Waals surface area contributed by atoms with E-state index in [0.29, 0.717) is 56.9 Å². The number of hydrogen-bond donors (Lipinski definition) is 3. The summed E-state index contributed by atoms with van der Waals surface area (Å²) in [6, 6.07) is 7.77. The predicted octanol–water partition coefficient (Wildman–Crippen LogP) is 5.41. The van der Waals surface area contributed by atoms with E-state index in [4.69, 9.17) is 19.7 Å². The van der Waals surface area contributed by atoms with Gasteiger partial charge in [-0.1, -0.05) is 6.92 Å². The molecule has 218 valence electrons. The molecule has 5 aromatic rings. The lowest BCUT2D eigenvalue weighted by Crippen LogP contribution is -2.30. The van der Waals surface area contributed by atoms with Crippen molar-refractivity contribution in [1.82, 2.24) is 34.8 Å². The van der Waals surface area contributed by atoms with Crippen molar-refractivity contribution in [1.29, 1.82) is 0 Å². The van der Waals surface area contributed by atoms with Gasteiger partial charge in [-0.2, -0.15) is 9.97 Å². The van der Waals surface area contributed by atoms with Crippen molar-refractivity contribution in [3.8, 4) is 5.88 Å². The minimum atomic E-state index is -2.75. The van der Waals surface area contributed by atoms with Crippen LogP contribution in [0.1, 0.15) is 36.9 Å². The first-order valence-electron chi connectivity index (χ1n) is 14.2. The first kappa shape index (κ1) is 28.1. The molecule has 0 unspecified atom stereocenters. The van der Waals surface area contributed by atoms with Gasteiger partial charge in [0.15, 0.2) is 0 Å². The fourth-order valence-electron chi connectivity index (χ4n) is 5.72. The Balaban J connectivity index is 1.39. The van der Waals surface area contributed by atoms with Crippen LogP contribution in [0.25, 0.3) is 22.1 Å². The molecule has 4 aromatic heterocycles. The zero-order chi connectivity index (χ0) is 29.4. The van der Waals surface area contributed by atoms with E-state index in [0.717, 1.165) is 43.4 Å². The van der Waals surface area contributed by atoms with Gasteiger partial charge >= 0.3 is 0 Å². The number of fused-ring (bicyclic) bond motifs is 2. The summed E-state index contributed by atoms with van der Waals surface area (Å²) in [7, 11) is 1.05. The van der Waals surface area contributed by atoms with Crippen molar-refractivity contribution in [2.24, 2.45) is 0 Å². The van der Waals surface area contributed by atoms with Gasteiger partial charge in [0.05, 0.1) is 34.7 Å². The molecule has 1 saturated heterocycles. The normalized spacial score (nSPS) is 14.9. The molecule has 1 aliphatic rings. The Kier molecular flexibility index (Phi) is 7.55. The molecule has 11 nitrogen and oxygen atoms in total. The number of likely N-dealkylation sites (tertiary alicyclic amines) is 1. The molecule has 0 aliphatic carbocycles. The highest BCUT2D eigenvalue weighted by molar-refractivity contribution is 7.71. The molecular weight excluding hydrogens is 549 g/mol. The van der Waals surface area contributed by atoms with Crippen molar-refractivity contribution in [2.45, 2.75) is 32.1 Å². The van der Waals surface area contributed by atoms with Crippen LogP contribution in [0.5, 0.6) is 5.88 Å². The predicted molar refractivity (Wildman–Crippen MR) is 169 cm³/mol. The minimum Gasteiger partial charge on any atom is -0.480 e. The van der Waals surface area contributed by atoms with Gasteiger partial charge in [0, 0.05) is 24.5 Å². The van der Waals surface area contributed by atoms with Crippen LogP contribution in [0.15, 0.2) is 42.9 Å². The smallest absolute Gasteiger partial charge is 0.237 e. The quantitative estimate of drug-likeness (QED) is 0.203. The summed E-state index contributed by atoms with van der Waals surface area (Å²) >= 11 is 0. The van der Waals surface area contributed by atoms with E-state index in [2.05, 4.69) is 50.5 Å². The van der Waals surface area contributed by atoms with E-state index in [1.54, 1.807) is 32.8 Å². The topological polar surface area (TPSA) is 134 Å². The number of nitrogens with one attached hydrogen (secondary N) is 3. The lowest BCUT2D eigenvalue weighted by Gasteiger charge is -2.30. The molecule has 12 heteroatoms. The number of aromatic nitrogens is 6. The summed E-state index contributed by atoms with van der Waals surface area (Å²) in [6.07, 6.45) is 8.09. The molecule has 0 amide bonds. The third kappa shape index (κ3) is 5.42. The minimum absolute atomic E-state index is 0.375. The molecule has 42 heavy (non-hydrogen) atoms. The summed E-state index contributed by atoms with van der Waals surface area (Å²) in [5, 5.41) is 8.22. The number of piperidine rings is 1. The second-order valence-electron chi connectivity index (χ2n) is 11.1. The van der Waals surface area contributed by atoms with Crippen LogP contribution >= 0.6 is 7.14 Å². The number of ether oxygens (including phenoxy) is 1. The summed E-state index contributed by atoms with van der Waals surface area (Å²) < 4.78 is 19.2. The van der Waals surface area contributed by atoms with E-state index in [1.807, 2.05) is 24.4 Å². The Morgan fingerprint density at radius 1 is 1.05 bits per heavy atom. The van der Waals surface area contributed by atoms with Gasteiger partial charge in [-0.05, 0) is 82.6 Å². The molecule has 0 bridgehead atoms. The van der Waals surface area contributed by atoms with E-state index in [9.17, 15) is 4.57 Å². The molecular formula is C30H36N9O2P. The van der Waals surface area contributed by atoms with Gasteiger partial charge in [-0.25, -0.2) is 4.98 Å². The number of hydrogen-bond acceptors (Lipinski definition) is 10. The third-order valence-electron chi connectivity index (χ3n) is 7.85. The highest BCUT2D eigenvalue weighted by Crippen LogP contribution is 2.41. The average molecular weight is 586 g/mol. The van der Waals surface area contributed by atoms with Crippen LogP contribution in [0.4, 0.5) is 23.1 Å². The molecule has 0 saturated carbocycles. The van der Waals surface area contributed by atoms with Crippen LogP contribution in [-0.2, 0) is 11.0 Å². The van der Waals surface area contributed by atoms with Crippen molar-refractivity contribution in [3.05, 3.63) is 54.1 Å². The monoisotopic (exact) mass is 585 g/mol. The number of H-pyrrole nitrogens is 1. The van der Waals surface area contributed by atoms with Crippen molar-refractivity contribution in [2.75, 3.05) is 51.2 Å². The van der Waals surface area contributed by atoms with Gasteiger partial charge in [0.1, 0.15) is 29.8 Å². The number of nitrogens with zero attached hydrogens (tertiary/aromatic N) is 6. The summed E-state index contributed by atoms with van der Waals surface area (Å²) in [6.45, 7) is 7.75. The molecule has 6 rings (SSSR count). The Bertz CT molecular complexity index is 1810. The second-order valence-corrected chi connectivity index (χ2v) is 14.3. The number of pyridine rings is 1. The number of benzene rings is 1. The number of aryl methyl sites for hydroxylation is 1. The molecule has 1 fully saturated rings. The third-order valence-corrected chi connectivity index (χ3v) is 9.38. The maximum atomic E-state index is 13.5. The van der Waals surface area contributed by atoms with Crippen LogP contribution in [-0.4, -0.2) is 75.4 Å². The highest BCUT2D eigenvalue weighted by Gasteiger charge is 2.25. The van der Waals surface area contributed by atoms with E-state index >= 15 is 0 Å². The number of rotatable bonds is 8. The van der Waals surface area contributed by atoms with Crippen molar-refractivity contribution < 1.29 is 9.30 Å². The maximum absolute atomic E-state index is 13.5. The van der Waals surface area contributed by atoms with Crippen LogP contribution < -0.4 is 20.7 Å². The summed E-state index contributed by atoms with van der Waals surface area (Å²) in [5.74, 6) is 1.86. The largest absolute Gasteiger partial charge is 0.480 e. The summed E-state index contributed by atoms with van der Waals surface area (Å²) in [5.41, 5.74) is 5.63. The maximum Gasteiger partial charge on any atom is 0.237 e. The average Bonchev–Trinajstić information content (AvgIpc) is 3.46. The SMILES string of the molecule is CCc1cc(Nc2nc(Nc3ccc4nccnc4c3P(C)(C)=O)c3cc[nH]c3n2)c(OC)nc1C1CCN(C)CC1. The highest BCUT2D eigenvalue weighted by atomic mass is 31.2. The molecule has 5 heterocycles. The number of methoxy groups -OCH3 is 1. The first-order chi connectivity index (χ1) is 20.2. The van der Waals surface area contributed by atoms with Gasteiger partial charge < -0.3 is 29.8 Å². The molecule has 0 atom stereocenters. The zero-order valence-corrected chi connectivity index (χ0v) is 25.5. The fourth-order valence-corrected chi connectivity index (χ4v) is 7.12. The lowest BCUT2D eigenvalue weighted by molar-refractivity contribution is 0.252. The Labute approximate surface area is 244 Å². The van der Waals surface area contributed by atoms with Crippen molar-refractivity contribution >= 4 is 57.7 Å². The number of aromatic amines is 1. The van der Waals surface area contributed by atoms with E-state index in [-0.39, 0.29) is 0 Å².